The Morgan fingerprint density at radius 2 is 2.12 bits per heavy atom. The van der Waals surface area contributed by atoms with Crippen LogP contribution in [0.25, 0.3) is 0 Å². The fourth-order valence-corrected chi connectivity index (χ4v) is 2.80. The fourth-order valence-electron chi connectivity index (χ4n) is 2.28. The molecule has 0 aliphatic carbocycles. The molecule has 0 aromatic heterocycles. The van der Waals surface area contributed by atoms with Crippen molar-refractivity contribution in [2.45, 2.75) is 31.8 Å². The molecule has 0 amide bonds. The Labute approximate surface area is 106 Å². The average Bonchev–Trinajstić information content (AvgIpc) is 2.19. The number of hydrogen-bond donors (Lipinski definition) is 1. The summed E-state index contributed by atoms with van der Waals surface area (Å²) in [6.45, 7) is 3.15. The fraction of sp³-hybridized carbons (Fsp3) is 0.500. The largest absolute Gasteiger partial charge is 0.368 e. The lowest BCUT2D eigenvalue weighted by Crippen LogP contribution is -2.45. The molecule has 1 aromatic rings. The van der Waals surface area contributed by atoms with Gasteiger partial charge in [-0.2, -0.15) is 0 Å². The van der Waals surface area contributed by atoms with E-state index in [1.807, 2.05) is 12.1 Å². The third-order valence-corrected chi connectivity index (χ3v) is 3.67. The molecule has 2 N–H and O–H groups in total. The number of benzene rings is 1. The summed E-state index contributed by atoms with van der Waals surface area (Å²) in [7, 11) is 0. The first-order chi connectivity index (χ1) is 7.58. The lowest BCUT2D eigenvalue weighted by Gasteiger charge is -2.38. The topological polar surface area (TPSA) is 29.3 Å². The van der Waals surface area contributed by atoms with Crippen LogP contribution in [-0.4, -0.2) is 18.6 Å². The summed E-state index contributed by atoms with van der Waals surface area (Å²) < 4.78 is 0. The second-order valence-corrected chi connectivity index (χ2v) is 5.27. The minimum atomic E-state index is 0.317. The molecule has 0 bridgehead atoms. The molecule has 88 valence electrons. The molecule has 2 unspecified atom stereocenters. The third kappa shape index (κ3) is 2.45. The summed E-state index contributed by atoms with van der Waals surface area (Å²) in [4.78, 5) is 2.31. The Bertz CT molecular complexity index is 381. The number of piperidine rings is 1. The third-order valence-electron chi connectivity index (χ3n) is 3.14. The molecule has 0 radical (unpaired) electrons. The van der Waals surface area contributed by atoms with Gasteiger partial charge in [0.05, 0.1) is 10.7 Å². The van der Waals surface area contributed by atoms with Crippen molar-refractivity contribution in [3.05, 3.63) is 28.2 Å². The predicted molar refractivity (Wildman–Crippen MR) is 70.5 cm³/mol. The van der Waals surface area contributed by atoms with E-state index in [2.05, 4.69) is 11.8 Å². The van der Waals surface area contributed by atoms with Gasteiger partial charge in [0.1, 0.15) is 0 Å². The SMILES string of the molecule is CC1CC(N)CCN1c1ccc(Cl)cc1Cl. The van der Waals surface area contributed by atoms with E-state index in [1.165, 1.54) is 0 Å². The van der Waals surface area contributed by atoms with Crippen molar-refractivity contribution in [1.29, 1.82) is 0 Å². The van der Waals surface area contributed by atoms with Gasteiger partial charge in [-0.15, -0.1) is 0 Å². The first-order valence-electron chi connectivity index (χ1n) is 5.55. The highest BCUT2D eigenvalue weighted by atomic mass is 35.5. The van der Waals surface area contributed by atoms with Gasteiger partial charge in [-0.25, -0.2) is 0 Å². The standard InChI is InChI=1S/C12H16Cl2N2/c1-8-6-10(15)4-5-16(8)12-3-2-9(13)7-11(12)14/h2-3,7-8,10H,4-6,15H2,1H3. The Hall–Kier alpha value is -0.440. The molecule has 1 saturated heterocycles. The predicted octanol–water partition coefficient (Wildman–Crippen LogP) is 3.31. The van der Waals surface area contributed by atoms with E-state index >= 15 is 0 Å². The summed E-state index contributed by atoms with van der Waals surface area (Å²) in [5, 5.41) is 1.39. The van der Waals surface area contributed by atoms with E-state index in [0.717, 1.165) is 30.1 Å². The molecule has 1 aliphatic rings. The van der Waals surface area contributed by atoms with Crippen molar-refractivity contribution in [2.24, 2.45) is 5.73 Å². The lowest BCUT2D eigenvalue weighted by atomic mass is 9.98. The Balaban J connectivity index is 2.23. The molecule has 2 rings (SSSR count). The van der Waals surface area contributed by atoms with Crippen LogP contribution >= 0.6 is 23.2 Å². The number of nitrogens with two attached hydrogens (primary N) is 1. The highest BCUT2D eigenvalue weighted by Gasteiger charge is 2.24. The molecule has 1 aromatic carbocycles. The zero-order chi connectivity index (χ0) is 11.7. The molecule has 4 heteroatoms. The Morgan fingerprint density at radius 3 is 2.75 bits per heavy atom. The minimum absolute atomic E-state index is 0.317. The smallest absolute Gasteiger partial charge is 0.0654 e. The van der Waals surface area contributed by atoms with Gasteiger partial charge < -0.3 is 10.6 Å². The van der Waals surface area contributed by atoms with Gasteiger partial charge in [-0.05, 0) is 38.0 Å². The van der Waals surface area contributed by atoms with Crippen LogP contribution in [0.15, 0.2) is 18.2 Å². The molecule has 1 heterocycles. The second kappa shape index (κ2) is 4.82. The van der Waals surface area contributed by atoms with E-state index in [-0.39, 0.29) is 0 Å². The highest BCUT2D eigenvalue weighted by Crippen LogP contribution is 2.32. The summed E-state index contributed by atoms with van der Waals surface area (Å²) in [5.74, 6) is 0. The zero-order valence-corrected chi connectivity index (χ0v) is 10.8. The van der Waals surface area contributed by atoms with Gasteiger partial charge in [0.15, 0.2) is 0 Å². The lowest BCUT2D eigenvalue weighted by molar-refractivity contribution is 0.430. The molecule has 0 spiro atoms. The maximum absolute atomic E-state index is 6.21. The molecule has 2 nitrogen and oxygen atoms in total. The quantitative estimate of drug-likeness (QED) is 0.838. The van der Waals surface area contributed by atoms with Crippen LogP contribution in [0.5, 0.6) is 0 Å². The summed E-state index contributed by atoms with van der Waals surface area (Å²) in [5.41, 5.74) is 7.01. The van der Waals surface area contributed by atoms with Crippen molar-refractivity contribution in [2.75, 3.05) is 11.4 Å². The first kappa shape index (κ1) is 12.0. The molecule has 16 heavy (non-hydrogen) atoms. The maximum Gasteiger partial charge on any atom is 0.0654 e. The monoisotopic (exact) mass is 258 g/mol. The van der Waals surface area contributed by atoms with Gasteiger partial charge in [-0.3, -0.25) is 0 Å². The number of hydrogen-bond acceptors (Lipinski definition) is 2. The second-order valence-electron chi connectivity index (χ2n) is 4.42. The van der Waals surface area contributed by atoms with Gasteiger partial charge >= 0.3 is 0 Å². The van der Waals surface area contributed by atoms with Crippen molar-refractivity contribution in [1.82, 2.24) is 0 Å². The molecule has 1 fully saturated rings. The van der Waals surface area contributed by atoms with E-state index in [0.29, 0.717) is 17.1 Å². The van der Waals surface area contributed by atoms with Crippen LogP contribution in [0.1, 0.15) is 19.8 Å². The summed E-state index contributed by atoms with van der Waals surface area (Å²) in [6, 6.07) is 6.40. The van der Waals surface area contributed by atoms with Crippen LogP contribution in [0.4, 0.5) is 5.69 Å². The van der Waals surface area contributed by atoms with E-state index in [4.69, 9.17) is 28.9 Å². The number of anilines is 1. The number of halogens is 2. The Kier molecular flexibility index (Phi) is 3.63. The summed E-state index contributed by atoms with van der Waals surface area (Å²) in [6.07, 6.45) is 2.03. The normalized spacial score (nSPS) is 25.9. The Morgan fingerprint density at radius 1 is 1.38 bits per heavy atom. The van der Waals surface area contributed by atoms with E-state index in [1.54, 1.807) is 6.07 Å². The molecule has 2 atom stereocenters. The van der Waals surface area contributed by atoms with Crippen molar-refractivity contribution >= 4 is 28.9 Å². The van der Waals surface area contributed by atoms with Crippen molar-refractivity contribution in [3.8, 4) is 0 Å². The van der Waals surface area contributed by atoms with Gasteiger partial charge in [-0.1, -0.05) is 23.2 Å². The molecular formula is C12H16Cl2N2. The molecule has 1 aliphatic heterocycles. The van der Waals surface area contributed by atoms with Crippen LogP contribution in [-0.2, 0) is 0 Å². The maximum atomic E-state index is 6.21. The van der Waals surface area contributed by atoms with Gasteiger partial charge in [0.25, 0.3) is 0 Å². The zero-order valence-electron chi connectivity index (χ0n) is 9.29. The number of nitrogens with zero attached hydrogens (tertiary/aromatic N) is 1. The van der Waals surface area contributed by atoms with Gasteiger partial charge in [0, 0.05) is 23.7 Å². The molecule has 0 saturated carbocycles. The van der Waals surface area contributed by atoms with Crippen molar-refractivity contribution in [3.63, 3.8) is 0 Å². The van der Waals surface area contributed by atoms with Crippen LogP contribution in [0.2, 0.25) is 10.0 Å². The minimum Gasteiger partial charge on any atom is -0.368 e. The molecular weight excluding hydrogens is 243 g/mol. The number of rotatable bonds is 1. The first-order valence-corrected chi connectivity index (χ1v) is 6.31. The summed E-state index contributed by atoms with van der Waals surface area (Å²) >= 11 is 12.1. The van der Waals surface area contributed by atoms with Gasteiger partial charge in [0.2, 0.25) is 0 Å². The van der Waals surface area contributed by atoms with Crippen molar-refractivity contribution < 1.29 is 0 Å². The highest BCUT2D eigenvalue weighted by molar-refractivity contribution is 6.36. The van der Waals surface area contributed by atoms with E-state index < -0.39 is 0 Å². The van der Waals surface area contributed by atoms with Crippen LogP contribution in [0.3, 0.4) is 0 Å². The van der Waals surface area contributed by atoms with Crippen LogP contribution in [0, 0.1) is 0 Å². The van der Waals surface area contributed by atoms with E-state index in [9.17, 15) is 0 Å². The average molecular weight is 259 g/mol. The van der Waals surface area contributed by atoms with Crippen LogP contribution < -0.4 is 10.6 Å².